The number of imide groups is 1. The fraction of sp³-hybridized carbons (Fsp3) is 0.219. The van der Waals surface area contributed by atoms with E-state index in [9.17, 15) is 14.4 Å². The highest BCUT2D eigenvalue weighted by Gasteiger charge is 2.62. The van der Waals surface area contributed by atoms with Gasteiger partial charge in [-0.1, -0.05) is 48.0 Å². The Morgan fingerprint density at radius 2 is 1.25 bits per heavy atom. The molecule has 1 heterocycles. The van der Waals surface area contributed by atoms with Crippen LogP contribution in [-0.4, -0.2) is 39.1 Å². The van der Waals surface area contributed by atoms with E-state index in [0.29, 0.717) is 5.69 Å². The van der Waals surface area contributed by atoms with Crippen molar-refractivity contribution in [1.82, 2.24) is 0 Å². The standard InChI is InChI=1S/C32H26ClNO6/c1-38-20-9-4-17(5-10-20)26(18-6-11-21(39-2)12-7-18)27-22-13-14-23(27)29-28(22)30(35)34(31(29)36)19-8-15-25(33)24(16-19)32(37)40-3/h4-16,22-23,28-29H,1-3H3/t22-,23-,28-,29-/m0/s1. The topological polar surface area (TPSA) is 82.1 Å². The van der Waals surface area contributed by atoms with E-state index in [-0.39, 0.29) is 34.2 Å². The number of hydrogen-bond acceptors (Lipinski definition) is 6. The van der Waals surface area contributed by atoms with Crippen molar-refractivity contribution in [3.8, 4) is 11.5 Å². The van der Waals surface area contributed by atoms with Gasteiger partial charge in [-0.05, 0) is 64.7 Å². The summed E-state index contributed by atoms with van der Waals surface area (Å²) in [5, 5.41) is 0.186. The second kappa shape index (κ2) is 9.99. The summed E-state index contributed by atoms with van der Waals surface area (Å²) in [7, 11) is 4.50. The van der Waals surface area contributed by atoms with Crippen molar-refractivity contribution >= 4 is 40.6 Å². The molecule has 2 fully saturated rings. The predicted molar refractivity (Wildman–Crippen MR) is 150 cm³/mol. The van der Waals surface area contributed by atoms with Crippen LogP contribution in [0, 0.1) is 23.7 Å². The van der Waals surface area contributed by atoms with Crippen molar-refractivity contribution in [2.45, 2.75) is 0 Å². The van der Waals surface area contributed by atoms with Gasteiger partial charge in [0, 0.05) is 11.8 Å². The minimum atomic E-state index is -0.637. The Labute approximate surface area is 236 Å². The maximum atomic E-state index is 13.9. The van der Waals surface area contributed by atoms with E-state index in [0.717, 1.165) is 33.8 Å². The van der Waals surface area contributed by atoms with Gasteiger partial charge in [0.25, 0.3) is 0 Å². The van der Waals surface area contributed by atoms with Gasteiger partial charge < -0.3 is 14.2 Å². The molecule has 0 unspecified atom stereocenters. The van der Waals surface area contributed by atoms with Crippen LogP contribution < -0.4 is 14.4 Å². The van der Waals surface area contributed by atoms with E-state index in [1.165, 1.54) is 24.1 Å². The van der Waals surface area contributed by atoms with Crippen molar-refractivity contribution < 1.29 is 28.6 Å². The fourth-order valence-electron chi connectivity index (χ4n) is 6.29. The molecule has 4 atom stereocenters. The molecule has 3 aromatic carbocycles. The van der Waals surface area contributed by atoms with Crippen LogP contribution in [0.3, 0.4) is 0 Å². The number of ether oxygens (including phenoxy) is 3. The molecule has 1 saturated carbocycles. The number of methoxy groups -OCH3 is 3. The van der Waals surface area contributed by atoms with Gasteiger partial charge in [-0.3, -0.25) is 9.59 Å². The number of esters is 1. The highest BCUT2D eigenvalue weighted by Crippen LogP contribution is 2.59. The number of halogens is 1. The lowest BCUT2D eigenvalue weighted by Crippen LogP contribution is -2.33. The minimum Gasteiger partial charge on any atom is -0.497 e. The largest absolute Gasteiger partial charge is 0.497 e. The number of anilines is 1. The average molecular weight is 556 g/mol. The summed E-state index contributed by atoms with van der Waals surface area (Å²) in [4.78, 5) is 41.2. The number of carbonyl (C=O) groups excluding carboxylic acids is 3. The number of fused-ring (bicyclic) bond motifs is 5. The third kappa shape index (κ3) is 3.92. The Morgan fingerprint density at radius 3 is 1.70 bits per heavy atom. The van der Waals surface area contributed by atoms with E-state index in [1.807, 2.05) is 60.7 Å². The lowest BCUT2D eigenvalue weighted by atomic mass is 9.85. The molecular weight excluding hydrogens is 530 g/mol. The van der Waals surface area contributed by atoms with Crippen LogP contribution in [0.1, 0.15) is 21.5 Å². The molecule has 0 aromatic heterocycles. The quantitative estimate of drug-likeness (QED) is 0.225. The molecule has 202 valence electrons. The number of nitrogens with zero attached hydrogens (tertiary/aromatic N) is 1. The number of benzene rings is 3. The van der Waals surface area contributed by atoms with Crippen molar-refractivity contribution in [2.75, 3.05) is 26.2 Å². The van der Waals surface area contributed by atoms with Crippen LogP contribution in [0.4, 0.5) is 5.69 Å². The highest BCUT2D eigenvalue weighted by molar-refractivity contribution is 6.34. The molecular formula is C32H26ClNO6. The van der Waals surface area contributed by atoms with Gasteiger partial charge in [-0.25, -0.2) is 9.69 Å². The molecule has 1 aliphatic heterocycles. The second-order valence-electron chi connectivity index (χ2n) is 9.94. The average Bonchev–Trinajstić information content (AvgIpc) is 3.62. The molecule has 0 radical (unpaired) electrons. The summed E-state index contributed by atoms with van der Waals surface area (Å²) in [5.41, 5.74) is 4.39. The number of rotatable bonds is 6. The third-order valence-electron chi connectivity index (χ3n) is 8.08. The minimum absolute atomic E-state index is 0.0994. The molecule has 2 bridgehead atoms. The van der Waals surface area contributed by atoms with Crippen LogP contribution in [0.25, 0.3) is 5.57 Å². The number of carbonyl (C=O) groups is 3. The summed E-state index contributed by atoms with van der Waals surface area (Å²) in [5.74, 6) is -1.31. The smallest absolute Gasteiger partial charge is 0.339 e. The van der Waals surface area contributed by atoms with E-state index in [2.05, 4.69) is 0 Å². The SMILES string of the molecule is COC(=O)c1cc(N2C(=O)[C@@H]3[C@@H](C2=O)[C@H]2C=C[C@H]3C2=C(c2ccc(OC)cc2)c2ccc(OC)cc2)ccc1Cl. The lowest BCUT2D eigenvalue weighted by molar-refractivity contribution is -0.122. The van der Waals surface area contributed by atoms with Crippen LogP contribution in [0.15, 0.2) is 84.5 Å². The summed E-state index contributed by atoms with van der Waals surface area (Å²) >= 11 is 6.19. The van der Waals surface area contributed by atoms with Gasteiger partial charge in [0.05, 0.1) is 49.4 Å². The Bertz CT molecular complexity index is 1510. The molecule has 2 aliphatic carbocycles. The van der Waals surface area contributed by atoms with Gasteiger partial charge in [0.15, 0.2) is 0 Å². The van der Waals surface area contributed by atoms with Crippen LogP contribution in [0.5, 0.6) is 11.5 Å². The van der Waals surface area contributed by atoms with Crippen molar-refractivity contribution in [1.29, 1.82) is 0 Å². The maximum Gasteiger partial charge on any atom is 0.339 e. The van der Waals surface area contributed by atoms with Crippen LogP contribution in [0.2, 0.25) is 5.02 Å². The van der Waals surface area contributed by atoms with Gasteiger partial charge >= 0.3 is 5.97 Å². The predicted octanol–water partition coefficient (Wildman–Crippen LogP) is 5.57. The third-order valence-corrected chi connectivity index (χ3v) is 8.40. The number of amides is 2. The Hall–Kier alpha value is -4.36. The molecule has 1 saturated heterocycles. The molecule has 3 aliphatic rings. The molecule has 2 amide bonds. The van der Waals surface area contributed by atoms with Gasteiger partial charge in [-0.2, -0.15) is 0 Å². The Balaban J connectivity index is 1.44. The summed E-state index contributed by atoms with van der Waals surface area (Å²) < 4.78 is 15.6. The van der Waals surface area contributed by atoms with E-state index < -0.39 is 17.8 Å². The van der Waals surface area contributed by atoms with Gasteiger partial charge in [-0.15, -0.1) is 0 Å². The molecule has 8 heteroatoms. The summed E-state index contributed by atoms with van der Waals surface area (Å²) in [6, 6.07) is 20.1. The zero-order chi connectivity index (χ0) is 28.1. The van der Waals surface area contributed by atoms with E-state index in [1.54, 1.807) is 20.3 Å². The summed E-state index contributed by atoms with van der Waals surface area (Å²) in [6.45, 7) is 0. The van der Waals surface area contributed by atoms with Crippen LogP contribution >= 0.6 is 11.6 Å². The molecule has 7 nitrogen and oxygen atoms in total. The normalized spacial score (nSPS) is 22.5. The van der Waals surface area contributed by atoms with Crippen molar-refractivity contribution in [2.24, 2.45) is 23.7 Å². The van der Waals surface area contributed by atoms with Gasteiger partial charge in [0.2, 0.25) is 11.8 Å². The molecule has 3 aromatic rings. The molecule has 0 spiro atoms. The zero-order valence-corrected chi connectivity index (χ0v) is 22.8. The highest BCUT2D eigenvalue weighted by atomic mass is 35.5. The van der Waals surface area contributed by atoms with Gasteiger partial charge in [0.1, 0.15) is 11.5 Å². The van der Waals surface area contributed by atoms with Crippen molar-refractivity contribution in [3.63, 3.8) is 0 Å². The molecule has 6 rings (SSSR count). The first-order valence-corrected chi connectivity index (χ1v) is 13.2. The fourth-order valence-corrected chi connectivity index (χ4v) is 6.48. The first-order chi connectivity index (χ1) is 19.4. The van der Waals surface area contributed by atoms with Crippen molar-refractivity contribution in [3.05, 3.63) is 106 Å². The zero-order valence-electron chi connectivity index (χ0n) is 22.1. The lowest BCUT2D eigenvalue weighted by Gasteiger charge is -2.22. The molecule has 40 heavy (non-hydrogen) atoms. The number of allylic oxidation sites excluding steroid dienone is 3. The number of hydrogen-bond donors (Lipinski definition) is 0. The summed E-state index contributed by atoms with van der Waals surface area (Å²) in [6.07, 6.45) is 4.09. The Kier molecular flexibility index (Phi) is 6.47. The first-order valence-electron chi connectivity index (χ1n) is 12.8. The second-order valence-corrected chi connectivity index (χ2v) is 10.4. The first kappa shape index (κ1) is 25.9. The Morgan fingerprint density at radius 1 is 0.750 bits per heavy atom. The maximum absolute atomic E-state index is 13.9. The monoisotopic (exact) mass is 555 g/mol. The van der Waals surface area contributed by atoms with Crippen LogP contribution in [-0.2, 0) is 14.3 Å². The molecule has 0 N–H and O–H groups in total. The van der Waals surface area contributed by atoms with E-state index >= 15 is 0 Å². The van der Waals surface area contributed by atoms with E-state index in [4.69, 9.17) is 25.8 Å².